The summed E-state index contributed by atoms with van der Waals surface area (Å²) in [5.41, 5.74) is 1.67. The predicted molar refractivity (Wildman–Crippen MR) is 43.3 cm³/mol. The maximum absolute atomic E-state index is 8.53. The highest BCUT2D eigenvalue weighted by Crippen LogP contribution is 2.06. The Morgan fingerprint density at radius 2 is 2.20 bits per heavy atom. The molecule has 0 saturated heterocycles. The molecule has 0 aliphatic heterocycles. The van der Waals surface area contributed by atoms with E-state index in [2.05, 4.69) is 12.6 Å². The lowest BCUT2D eigenvalue weighted by Crippen LogP contribution is -1.78. The van der Waals surface area contributed by atoms with Crippen molar-refractivity contribution >= 4 is 0 Å². The predicted octanol–water partition coefficient (Wildman–Crippen LogP) is 2.59. The lowest BCUT2D eigenvalue weighted by molar-refractivity contribution is 1.38. The average molecular weight is 133 g/mol. The van der Waals surface area contributed by atoms with Gasteiger partial charge in [-0.25, -0.2) is 0 Å². The fourth-order valence-electron chi connectivity index (χ4n) is 0.647. The second kappa shape index (κ2) is 4.58. The van der Waals surface area contributed by atoms with Crippen LogP contribution in [0, 0.1) is 11.3 Å². The van der Waals surface area contributed by atoms with Gasteiger partial charge in [0.05, 0.1) is 11.6 Å². The quantitative estimate of drug-likeness (QED) is 0.419. The Morgan fingerprint density at radius 1 is 1.60 bits per heavy atom. The van der Waals surface area contributed by atoms with Crippen molar-refractivity contribution in [1.82, 2.24) is 0 Å². The van der Waals surface area contributed by atoms with E-state index in [-0.39, 0.29) is 0 Å². The molecule has 1 nitrogen and oxygen atoms in total. The number of hydrogen-bond donors (Lipinski definition) is 0. The summed E-state index contributed by atoms with van der Waals surface area (Å²) in [4.78, 5) is 0. The molecular weight excluding hydrogens is 122 g/mol. The average Bonchev–Trinajstić information content (AvgIpc) is 1.91. The maximum atomic E-state index is 8.53. The van der Waals surface area contributed by atoms with Gasteiger partial charge in [-0.05, 0) is 19.4 Å². The first kappa shape index (κ1) is 8.71. The van der Waals surface area contributed by atoms with E-state index in [1.165, 1.54) is 0 Å². The van der Waals surface area contributed by atoms with Gasteiger partial charge in [0, 0.05) is 0 Å². The molecule has 52 valence electrons. The summed E-state index contributed by atoms with van der Waals surface area (Å²) in [5.74, 6) is 0. The van der Waals surface area contributed by atoms with Crippen LogP contribution in [0.2, 0.25) is 0 Å². The summed E-state index contributed by atoms with van der Waals surface area (Å²) in [7, 11) is 0. The van der Waals surface area contributed by atoms with Gasteiger partial charge < -0.3 is 0 Å². The van der Waals surface area contributed by atoms with Gasteiger partial charge in [0.25, 0.3) is 0 Å². The normalized spacial score (nSPS) is 12.5. The highest BCUT2D eigenvalue weighted by atomic mass is 14.2. The zero-order valence-corrected chi connectivity index (χ0v) is 6.39. The van der Waals surface area contributed by atoms with Crippen LogP contribution in [0.3, 0.4) is 0 Å². The number of rotatable bonds is 2. The molecule has 0 aliphatic carbocycles. The van der Waals surface area contributed by atoms with Crippen LogP contribution in [0.5, 0.6) is 0 Å². The molecule has 0 spiro atoms. The van der Waals surface area contributed by atoms with Crippen molar-refractivity contribution < 1.29 is 0 Å². The Labute approximate surface area is 62.0 Å². The van der Waals surface area contributed by atoms with Crippen molar-refractivity contribution in [3.8, 4) is 6.07 Å². The van der Waals surface area contributed by atoms with Crippen LogP contribution in [0.15, 0.2) is 36.0 Å². The molecule has 0 aliphatic rings. The molecule has 10 heavy (non-hydrogen) atoms. The van der Waals surface area contributed by atoms with Crippen molar-refractivity contribution in [2.45, 2.75) is 13.8 Å². The Morgan fingerprint density at radius 3 is 2.50 bits per heavy atom. The fourth-order valence-corrected chi connectivity index (χ4v) is 0.647. The van der Waals surface area contributed by atoms with E-state index in [0.717, 1.165) is 5.57 Å². The van der Waals surface area contributed by atoms with E-state index < -0.39 is 0 Å². The SMILES string of the molecule is C=C/C=C(C)\C(C#N)=C/C. The van der Waals surface area contributed by atoms with Crippen LogP contribution in [0.4, 0.5) is 0 Å². The van der Waals surface area contributed by atoms with E-state index in [1.807, 2.05) is 19.9 Å². The second-order valence-electron chi connectivity index (χ2n) is 1.90. The molecular formula is C9H11N. The molecule has 0 aromatic heterocycles. The first-order valence-corrected chi connectivity index (χ1v) is 3.12. The van der Waals surface area contributed by atoms with Crippen molar-refractivity contribution in [3.63, 3.8) is 0 Å². The van der Waals surface area contributed by atoms with Crippen molar-refractivity contribution in [3.05, 3.63) is 36.0 Å². The highest BCUT2D eigenvalue weighted by molar-refractivity contribution is 5.41. The molecule has 1 heteroatoms. The maximum Gasteiger partial charge on any atom is 0.0990 e. The van der Waals surface area contributed by atoms with Crippen molar-refractivity contribution in [2.75, 3.05) is 0 Å². The summed E-state index contributed by atoms with van der Waals surface area (Å²) in [6, 6.07) is 2.08. The van der Waals surface area contributed by atoms with Crippen LogP contribution < -0.4 is 0 Å². The summed E-state index contributed by atoms with van der Waals surface area (Å²) in [6.45, 7) is 7.27. The second-order valence-corrected chi connectivity index (χ2v) is 1.90. The lowest BCUT2D eigenvalue weighted by atomic mass is 10.1. The summed E-state index contributed by atoms with van der Waals surface area (Å²) >= 11 is 0. The molecule has 0 unspecified atom stereocenters. The van der Waals surface area contributed by atoms with Gasteiger partial charge in [-0.1, -0.05) is 24.8 Å². The molecule has 0 aromatic carbocycles. The Hall–Kier alpha value is -1.29. The Kier molecular flexibility index (Phi) is 3.99. The molecule has 0 rings (SSSR count). The minimum atomic E-state index is 0.708. The molecule has 0 saturated carbocycles. The summed E-state index contributed by atoms with van der Waals surface area (Å²) in [6.07, 6.45) is 5.28. The number of nitrogens with zero attached hydrogens (tertiary/aromatic N) is 1. The standard InChI is InChI=1S/C9H11N/c1-4-6-8(3)9(5-2)7-10/h4-6H,1H2,2-3H3/b8-6-,9-5-. The van der Waals surface area contributed by atoms with Crippen LogP contribution in [-0.4, -0.2) is 0 Å². The zero-order chi connectivity index (χ0) is 7.98. The van der Waals surface area contributed by atoms with Gasteiger partial charge in [0.1, 0.15) is 0 Å². The first-order chi connectivity index (χ1) is 4.76. The topological polar surface area (TPSA) is 23.8 Å². The van der Waals surface area contributed by atoms with E-state index in [0.29, 0.717) is 5.57 Å². The minimum absolute atomic E-state index is 0.708. The number of allylic oxidation sites excluding steroid dienone is 5. The molecule has 0 amide bonds. The Bertz CT molecular complexity index is 213. The van der Waals surface area contributed by atoms with Gasteiger partial charge in [0.2, 0.25) is 0 Å². The lowest BCUT2D eigenvalue weighted by Gasteiger charge is -1.92. The van der Waals surface area contributed by atoms with Crippen LogP contribution in [-0.2, 0) is 0 Å². The molecule has 0 N–H and O–H groups in total. The molecule has 0 radical (unpaired) electrons. The van der Waals surface area contributed by atoms with E-state index in [9.17, 15) is 0 Å². The monoisotopic (exact) mass is 133 g/mol. The molecule has 0 atom stereocenters. The molecule has 0 aromatic rings. The van der Waals surface area contributed by atoms with Gasteiger partial charge in [0.15, 0.2) is 0 Å². The van der Waals surface area contributed by atoms with Crippen LogP contribution in [0.25, 0.3) is 0 Å². The summed E-state index contributed by atoms with van der Waals surface area (Å²) in [5, 5.41) is 8.53. The fraction of sp³-hybridized carbons (Fsp3) is 0.222. The van der Waals surface area contributed by atoms with Crippen LogP contribution in [0.1, 0.15) is 13.8 Å². The van der Waals surface area contributed by atoms with Crippen molar-refractivity contribution in [2.24, 2.45) is 0 Å². The Balaban J connectivity index is 4.51. The smallest absolute Gasteiger partial charge is 0.0990 e. The minimum Gasteiger partial charge on any atom is -0.192 e. The molecule has 0 fully saturated rings. The number of nitriles is 1. The molecule has 0 heterocycles. The first-order valence-electron chi connectivity index (χ1n) is 3.12. The largest absolute Gasteiger partial charge is 0.192 e. The third-order valence-electron chi connectivity index (χ3n) is 1.20. The van der Waals surface area contributed by atoms with Crippen LogP contribution >= 0.6 is 0 Å². The van der Waals surface area contributed by atoms with Crippen molar-refractivity contribution in [1.29, 1.82) is 5.26 Å². The van der Waals surface area contributed by atoms with Gasteiger partial charge >= 0.3 is 0 Å². The third-order valence-corrected chi connectivity index (χ3v) is 1.20. The van der Waals surface area contributed by atoms with Gasteiger partial charge in [-0.2, -0.15) is 5.26 Å². The molecule has 0 bridgehead atoms. The van der Waals surface area contributed by atoms with Gasteiger partial charge in [-0.15, -0.1) is 0 Å². The van der Waals surface area contributed by atoms with E-state index in [1.54, 1.807) is 12.2 Å². The highest BCUT2D eigenvalue weighted by Gasteiger charge is 1.92. The third kappa shape index (κ3) is 2.32. The van der Waals surface area contributed by atoms with E-state index in [4.69, 9.17) is 5.26 Å². The summed E-state index contributed by atoms with van der Waals surface area (Å²) < 4.78 is 0. The van der Waals surface area contributed by atoms with E-state index >= 15 is 0 Å². The number of hydrogen-bond acceptors (Lipinski definition) is 1. The van der Waals surface area contributed by atoms with Gasteiger partial charge in [-0.3, -0.25) is 0 Å². The zero-order valence-electron chi connectivity index (χ0n) is 6.39.